The topological polar surface area (TPSA) is 67.6 Å². The number of benzene rings is 1. The molecule has 1 unspecified atom stereocenters. The quantitative estimate of drug-likeness (QED) is 0.943. The number of hydrogen-bond acceptors (Lipinski definition) is 3. The number of aryl methyl sites for hydroxylation is 1. The van der Waals surface area contributed by atoms with Gasteiger partial charge in [0.1, 0.15) is 5.54 Å². The Morgan fingerprint density at radius 1 is 1.39 bits per heavy atom. The van der Waals surface area contributed by atoms with Crippen LogP contribution in [0, 0.1) is 11.3 Å². The lowest BCUT2D eigenvalue weighted by atomic mass is 9.89. The van der Waals surface area contributed by atoms with E-state index in [4.69, 9.17) is 5.73 Å². The second kappa shape index (κ2) is 5.34. The third-order valence-corrected chi connectivity index (χ3v) is 3.23. The van der Waals surface area contributed by atoms with Gasteiger partial charge in [0.05, 0.1) is 16.7 Å². The van der Waals surface area contributed by atoms with Crippen LogP contribution in [0.1, 0.15) is 12.0 Å². The molecule has 0 fully saturated rings. The summed E-state index contributed by atoms with van der Waals surface area (Å²) in [6.07, 6.45) is 4.09. The maximum atomic E-state index is 9.31. The van der Waals surface area contributed by atoms with E-state index < -0.39 is 5.54 Å². The van der Waals surface area contributed by atoms with Gasteiger partial charge in [-0.15, -0.1) is 0 Å². The van der Waals surface area contributed by atoms with Gasteiger partial charge in [-0.2, -0.15) is 10.4 Å². The number of aromatic nitrogens is 2. The maximum Gasteiger partial charge on any atom is 0.131 e. The van der Waals surface area contributed by atoms with Crippen molar-refractivity contribution in [3.63, 3.8) is 0 Å². The molecule has 92 valence electrons. The molecule has 0 bridgehead atoms. The average Bonchev–Trinajstić information content (AvgIpc) is 2.83. The Hall–Kier alpha value is -1.64. The Morgan fingerprint density at radius 2 is 2.11 bits per heavy atom. The van der Waals surface area contributed by atoms with Gasteiger partial charge in [0, 0.05) is 19.2 Å². The normalized spacial score (nSPS) is 13.8. The van der Waals surface area contributed by atoms with Crippen LogP contribution in [0.15, 0.2) is 47.2 Å². The van der Waals surface area contributed by atoms with Crippen molar-refractivity contribution in [3.8, 4) is 6.07 Å². The smallest absolute Gasteiger partial charge is 0.131 e. The molecule has 0 radical (unpaired) electrons. The zero-order valence-corrected chi connectivity index (χ0v) is 11.3. The molecule has 2 N–H and O–H groups in total. The van der Waals surface area contributed by atoms with Gasteiger partial charge in [-0.1, -0.05) is 30.3 Å². The van der Waals surface area contributed by atoms with Gasteiger partial charge in [-0.05, 0) is 21.5 Å². The summed E-state index contributed by atoms with van der Waals surface area (Å²) in [5, 5.41) is 13.5. The molecular weight excluding hydrogens is 292 g/mol. The summed E-state index contributed by atoms with van der Waals surface area (Å²) in [4.78, 5) is 0. The molecule has 4 nitrogen and oxygen atoms in total. The molecule has 0 saturated carbocycles. The molecule has 0 aliphatic heterocycles. The van der Waals surface area contributed by atoms with Gasteiger partial charge in [0.15, 0.2) is 0 Å². The molecule has 5 heteroatoms. The summed E-state index contributed by atoms with van der Waals surface area (Å²) in [6, 6.07) is 11.6. The summed E-state index contributed by atoms with van der Waals surface area (Å²) in [6.45, 7) is 0.602. The number of nitrogens with zero attached hydrogens (tertiary/aromatic N) is 3. The molecular formula is C13H13BrN4. The first-order valence-electron chi connectivity index (χ1n) is 5.58. The van der Waals surface area contributed by atoms with Crippen LogP contribution in [-0.4, -0.2) is 9.78 Å². The van der Waals surface area contributed by atoms with Gasteiger partial charge in [0.2, 0.25) is 0 Å². The van der Waals surface area contributed by atoms with Crippen molar-refractivity contribution in [2.45, 2.75) is 18.5 Å². The molecule has 1 atom stereocenters. The molecule has 2 rings (SSSR count). The second-order valence-electron chi connectivity index (χ2n) is 4.12. The highest BCUT2D eigenvalue weighted by Gasteiger charge is 2.26. The van der Waals surface area contributed by atoms with E-state index in [2.05, 4.69) is 27.1 Å². The van der Waals surface area contributed by atoms with Gasteiger partial charge in [-0.3, -0.25) is 4.68 Å². The van der Waals surface area contributed by atoms with Crippen LogP contribution in [0.4, 0.5) is 0 Å². The van der Waals surface area contributed by atoms with Crippen LogP contribution in [0.5, 0.6) is 0 Å². The van der Waals surface area contributed by atoms with Crippen molar-refractivity contribution in [1.29, 1.82) is 5.26 Å². The van der Waals surface area contributed by atoms with Crippen LogP contribution in [0.25, 0.3) is 0 Å². The molecule has 0 aliphatic rings. The minimum atomic E-state index is -0.973. The molecule has 2 aromatic rings. The summed E-state index contributed by atoms with van der Waals surface area (Å²) in [7, 11) is 0. The summed E-state index contributed by atoms with van der Waals surface area (Å²) in [5.41, 5.74) is 6.02. The summed E-state index contributed by atoms with van der Waals surface area (Å²) < 4.78 is 2.69. The van der Waals surface area contributed by atoms with E-state index in [9.17, 15) is 5.26 Å². The number of rotatable bonds is 4. The Labute approximate surface area is 114 Å². The predicted molar refractivity (Wildman–Crippen MR) is 72.5 cm³/mol. The zero-order valence-electron chi connectivity index (χ0n) is 9.75. The van der Waals surface area contributed by atoms with Gasteiger partial charge < -0.3 is 5.73 Å². The van der Waals surface area contributed by atoms with Crippen molar-refractivity contribution in [2.75, 3.05) is 0 Å². The first kappa shape index (κ1) is 12.8. The zero-order chi connectivity index (χ0) is 13.0. The minimum absolute atomic E-state index is 0.516. The summed E-state index contributed by atoms with van der Waals surface area (Å²) >= 11 is 3.33. The van der Waals surface area contributed by atoms with Crippen molar-refractivity contribution >= 4 is 15.9 Å². The SMILES string of the molecule is N#CC(N)(CCn1cc(Br)cn1)c1ccccc1. The van der Waals surface area contributed by atoms with Gasteiger partial charge in [0.25, 0.3) is 0 Å². The minimum Gasteiger partial charge on any atom is -0.310 e. The van der Waals surface area contributed by atoms with E-state index in [0.717, 1.165) is 10.0 Å². The molecule has 0 saturated heterocycles. The number of nitrogens with two attached hydrogens (primary N) is 1. The number of halogens is 1. The lowest BCUT2D eigenvalue weighted by molar-refractivity contribution is 0.451. The fourth-order valence-electron chi connectivity index (χ4n) is 1.75. The van der Waals surface area contributed by atoms with E-state index in [0.29, 0.717) is 13.0 Å². The third kappa shape index (κ3) is 2.78. The fourth-order valence-corrected chi connectivity index (χ4v) is 2.08. The maximum absolute atomic E-state index is 9.31. The molecule has 0 aliphatic carbocycles. The largest absolute Gasteiger partial charge is 0.310 e. The van der Waals surface area contributed by atoms with E-state index >= 15 is 0 Å². The van der Waals surface area contributed by atoms with Crippen molar-refractivity contribution in [1.82, 2.24) is 9.78 Å². The van der Waals surface area contributed by atoms with E-state index in [-0.39, 0.29) is 0 Å². The van der Waals surface area contributed by atoms with E-state index in [1.807, 2.05) is 36.5 Å². The van der Waals surface area contributed by atoms with Crippen molar-refractivity contribution in [3.05, 3.63) is 52.8 Å². The van der Waals surface area contributed by atoms with Crippen molar-refractivity contribution in [2.24, 2.45) is 5.73 Å². The molecule has 1 heterocycles. The Morgan fingerprint density at radius 3 is 2.67 bits per heavy atom. The fraction of sp³-hybridized carbons (Fsp3) is 0.231. The average molecular weight is 305 g/mol. The lowest BCUT2D eigenvalue weighted by Crippen LogP contribution is -2.36. The van der Waals surface area contributed by atoms with E-state index in [1.165, 1.54) is 0 Å². The molecule has 1 aromatic carbocycles. The first-order chi connectivity index (χ1) is 8.64. The van der Waals surface area contributed by atoms with Crippen LogP contribution in [-0.2, 0) is 12.1 Å². The Bertz CT molecular complexity index is 558. The third-order valence-electron chi connectivity index (χ3n) is 2.83. The molecule has 1 aromatic heterocycles. The number of nitriles is 1. The van der Waals surface area contributed by atoms with Gasteiger partial charge >= 0.3 is 0 Å². The van der Waals surface area contributed by atoms with Crippen LogP contribution in [0.3, 0.4) is 0 Å². The highest BCUT2D eigenvalue weighted by Crippen LogP contribution is 2.22. The first-order valence-corrected chi connectivity index (χ1v) is 6.37. The van der Waals surface area contributed by atoms with Crippen molar-refractivity contribution < 1.29 is 0 Å². The van der Waals surface area contributed by atoms with Crippen LogP contribution in [0.2, 0.25) is 0 Å². The summed E-state index contributed by atoms with van der Waals surface area (Å²) in [5.74, 6) is 0. The number of hydrogen-bond donors (Lipinski definition) is 1. The predicted octanol–water partition coefficient (Wildman–Crippen LogP) is 2.41. The highest BCUT2D eigenvalue weighted by molar-refractivity contribution is 9.10. The molecule has 18 heavy (non-hydrogen) atoms. The lowest BCUT2D eigenvalue weighted by Gasteiger charge is -2.21. The highest BCUT2D eigenvalue weighted by atomic mass is 79.9. The molecule has 0 amide bonds. The standard InChI is InChI=1S/C13H13BrN4/c14-12-8-17-18(9-12)7-6-13(16,10-15)11-4-2-1-3-5-11/h1-5,8-9H,6-7,16H2. The van der Waals surface area contributed by atoms with E-state index in [1.54, 1.807) is 10.9 Å². The molecule has 0 spiro atoms. The Kier molecular flexibility index (Phi) is 3.80. The van der Waals surface area contributed by atoms with Crippen LogP contribution >= 0.6 is 15.9 Å². The second-order valence-corrected chi connectivity index (χ2v) is 5.04. The van der Waals surface area contributed by atoms with Gasteiger partial charge in [-0.25, -0.2) is 0 Å². The van der Waals surface area contributed by atoms with Crippen LogP contribution < -0.4 is 5.73 Å². The Balaban J connectivity index is 2.12. The monoisotopic (exact) mass is 304 g/mol.